The van der Waals surface area contributed by atoms with Gasteiger partial charge in [-0.2, -0.15) is 9.61 Å². The summed E-state index contributed by atoms with van der Waals surface area (Å²) in [6.07, 6.45) is 2.76. The van der Waals surface area contributed by atoms with Crippen LogP contribution in [0.1, 0.15) is 29.6 Å². The fourth-order valence-corrected chi connectivity index (χ4v) is 4.55. The van der Waals surface area contributed by atoms with Crippen molar-refractivity contribution in [2.75, 3.05) is 6.54 Å². The molecule has 10 heteroatoms. The maximum Gasteiger partial charge on any atom is 0.240 e. The molecular weight excluding hydrogens is 370 g/mol. The minimum absolute atomic E-state index is 0.157. The summed E-state index contributed by atoms with van der Waals surface area (Å²) in [5.74, 6) is 1.38. The van der Waals surface area contributed by atoms with E-state index < -0.39 is 10.0 Å². The van der Waals surface area contributed by atoms with Gasteiger partial charge in [0.05, 0.1) is 4.90 Å². The van der Waals surface area contributed by atoms with Crippen molar-refractivity contribution >= 4 is 37.9 Å². The molecule has 0 atom stereocenters. The standard InChI is InChI=1S/C14H14ClN5O2S2/c15-10-2-1-3-11(8-10)24(21,22)16-7-6-12-19-20-13(9-4-5-9)17-18-14(20)23-12/h1-3,8-9,16H,4-7H2. The zero-order chi connectivity index (χ0) is 16.7. The number of nitrogens with one attached hydrogen (secondary N) is 1. The van der Waals surface area contributed by atoms with Crippen LogP contribution >= 0.6 is 22.9 Å². The van der Waals surface area contributed by atoms with Gasteiger partial charge in [-0.05, 0) is 31.0 Å². The van der Waals surface area contributed by atoms with Crippen molar-refractivity contribution in [2.24, 2.45) is 0 Å². The molecule has 0 amide bonds. The molecule has 3 aromatic rings. The van der Waals surface area contributed by atoms with E-state index in [2.05, 4.69) is 20.0 Å². The third kappa shape index (κ3) is 3.16. The molecule has 0 unspecified atom stereocenters. The number of nitrogens with zero attached hydrogens (tertiary/aromatic N) is 4. The van der Waals surface area contributed by atoms with Gasteiger partial charge in [-0.1, -0.05) is 29.0 Å². The predicted molar refractivity (Wildman–Crippen MR) is 91.0 cm³/mol. The summed E-state index contributed by atoms with van der Waals surface area (Å²) >= 11 is 7.28. The molecule has 1 aromatic carbocycles. The molecule has 1 aliphatic rings. The second kappa shape index (κ2) is 6.07. The Labute approximate surface area is 147 Å². The minimum atomic E-state index is -3.57. The quantitative estimate of drug-likeness (QED) is 0.705. The summed E-state index contributed by atoms with van der Waals surface area (Å²) in [5, 5.41) is 14.0. The Morgan fingerprint density at radius 2 is 2.17 bits per heavy atom. The molecule has 0 saturated heterocycles. The van der Waals surface area contributed by atoms with Gasteiger partial charge < -0.3 is 0 Å². The smallest absolute Gasteiger partial charge is 0.211 e. The molecular formula is C14H14ClN5O2S2. The second-order valence-electron chi connectivity index (χ2n) is 5.63. The molecule has 0 radical (unpaired) electrons. The number of halogens is 1. The van der Waals surface area contributed by atoms with Crippen LogP contribution in [0.2, 0.25) is 5.02 Å². The van der Waals surface area contributed by atoms with Gasteiger partial charge >= 0.3 is 0 Å². The molecule has 4 rings (SSSR count). The van der Waals surface area contributed by atoms with Crippen molar-refractivity contribution in [1.82, 2.24) is 24.5 Å². The van der Waals surface area contributed by atoms with E-state index >= 15 is 0 Å². The largest absolute Gasteiger partial charge is 0.240 e. The van der Waals surface area contributed by atoms with Crippen molar-refractivity contribution < 1.29 is 8.42 Å². The second-order valence-corrected chi connectivity index (χ2v) is 8.87. The van der Waals surface area contributed by atoms with Gasteiger partial charge in [0.2, 0.25) is 15.0 Å². The maximum absolute atomic E-state index is 12.2. The monoisotopic (exact) mass is 383 g/mol. The molecule has 126 valence electrons. The number of benzene rings is 1. The molecule has 1 N–H and O–H groups in total. The highest BCUT2D eigenvalue weighted by atomic mass is 35.5. The summed E-state index contributed by atoms with van der Waals surface area (Å²) in [5.41, 5.74) is 0. The van der Waals surface area contributed by atoms with Crippen molar-refractivity contribution in [3.63, 3.8) is 0 Å². The third-order valence-corrected chi connectivity index (χ3v) is 6.39. The summed E-state index contributed by atoms with van der Waals surface area (Å²) in [6.45, 7) is 0.262. The van der Waals surface area contributed by atoms with Gasteiger partial charge in [-0.25, -0.2) is 13.1 Å². The first-order valence-corrected chi connectivity index (χ1v) is 10.2. The lowest BCUT2D eigenvalue weighted by atomic mass is 10.4. The van der Waals surface area contributed by atoms with E-state index in [0.717, 1.165) is 28.6 Å². The zero-order valence-corrected chi connectivity index (χ0v) is 14.9. The van der Waals surface area contributed by atoms with E-state index in [4.69, 9.17) is 11.6 Å². The number of hydrogen-bond donors (Lipinski definition) is 1. The Hall–Kier alpha value is -1.55. The van der Waals surface area contributed by atoms with Crippen LogP contribution in [0.4, 0.5) is 0 Å². The topological polar surface area (TPSA) is 89.2 Å². The Kier molecular flexibility index (Phi) is 4.03. The molecule has 1 saturated carbocycles. The van der Waals surface area contributed by atoms with Gasteiger partial charge in [-0.15, -0.1) is 10.2 Å². The zero-order valence-electron chi connectivity index (χ0n) is 12.5. The first-order chi connectivity index (χ1) is 11.5. The molecule has 2 aromatic heterocycles. The van der Waals surface area contributed by atoms with Crippen molar-refractivity contribution in [1.29, 1.82) is 0 Å². The van der Waals surface area contributed by atoms with E-state index in [0.29, 0.717) is 17.4 Å². The number of rotatable bonds is 6. The third-order valence-electron chi connectivity index (χ3n) is 3.74. The predicted octanol–water partition coefficient (Wildman–Crippen LogP) is 2.24. The summed E-state index contributed by atoms with van der Waals surface area (Å²) < 4.78 is 28.8. The highest BCUT2D eigenvalue weighted by Gasteiger charge is 2.30. The normalized spacial score (nSPS) is 15.2. The van der Waals surface area contributed by atoms with Crippen molar-refractivity contribution in [3.8, 4) is 0 Å². The molecule has 1 aliphatic carbocycles. The first kappa shape index (κ1) is 15.9. The fraction of sp³-hybridized carbons (Fsp3) is 0.357. The van der Waals surface area contributed by atoms with Gasteiger partial charge in [0, 0.05) is 23.9 Å². The Bertz CT molecular complexity index is 994. The van der Waals surface area contributed by atoms with E-state index in [-0.39, 0.29) is 11.4 Å². The highest BCUT2D eigenvalue weighted by Crippen LogP contribution is 2.39. The van der Waals surface area contributed by atoms with Crippen LogP contribution in [0.3, 0.4) is 0 Å². The van der Waals surface area contributed by atoms with E-state index in [9.17, 15) is 8.42 Å². The van der Waals surface area contributed by atoms with Crippen molar-refractivity contribution in [3.05, 3.63) is 40.1 Å². The first-order valence-electron chi connectivity index (χ1n) is 7.49. The molecule has 24 heavy (non-hydrogen) atoms. The number of fused-ring (bicyclic) bond motifs is 1. The lowest BCUT2D eigenvalue weighted by molar-refractivity contribution is 0.581. The lowest BCUT2D eigenvalue weighted by Crippen LogP contribution is -2.26. The Morgan fingerprint density at radius 1 is 1.33 bits per heavy atom. The molecule has 1 fully saturated rings. The SMILES string of the molecule is O=S(=O)(NCCc1nn2c(C3CC3)nnc2s1)c1cccc(Cl)c1. The fourth-order valence-electron chi connectivity index (χ4n) is 2.38. The van der Waals surface area contributed by atoms with Gasteiger partial charge in [0.25, 0.3) is 0 Å². The molecule has 0 spiro atoms. The van der Waals surface area contributed by atoms with Crippen LogP contribution in [0, 0.1) is 0 Å². The summed E-state index contributed by atoms with van der Waals surface area (Å²) in [7, 11) is -3.57. The summed E-state index contributed by atoms with van der Waals surface area (Å²) in [6, 6.07) is 6.19. The van der Waals surface area contributed by atoms with E-state index in [1.165, 1.54) is 23.5 Å². The maximum atomic E-state index is 12.2. The van der Waals surface area contributed by atoms with Gasteiger partial charge in [0.15, 0.2) is 5.82 Å². The average Bonchev–Trinajstić information content (AvgIpc) is 3.18. The number of sulfonamides is 1. The van der Waals surface area contributed by atoms with Crippen LogP contribution < -0.4 is 4.72 Å². The highest BCUT2D eigenvalue weighted by molar-refractivity contribution is 7.89. The number of aromatic nitrogens is 4. The Balaban J connectivity index is 1.43. The minimum Gasteiger partial charge on any atom is -0.211 e. The Morgan fingerprint density at radius 3 is 2.92 bits per heavy atom. The van der Waals surface area contributed by atoms with Crippen LogP contribution in [0.15, 0.2) is 29.2 Å². The van der Waals surface area contributed by atoms with E-state index in [1.807, 2.05) is 0 Å². The van der Waals surface area contributed by atoms with Crippen LogP contribution in [-0.4, -0.2) is 34.8 Å². The van der Waals surface area contributed by atoms with Gasteiger partial charge in [-0.3, -0.25) is 0 Å². The molecule has 0 bridgehead atoms. The lowest BCUT2D eigenvalue weighted by Gasteiger charge is -2.05. The summed E-state index contributed by atoms with van der Waals surface area (Å²) in [4.78, 5) is 0.911. The van der Waals surface area contributed by atoms with Crippen molar-refractivity contribution in [2.45, 2.75) is 30.1 Å². The van der Waals surface area contributed by atoms with Crippen LogP contribution in [0.25, 0.3) is 4.96 Å². The van der Waals surface area contributed by atoms with Crippen LogP contribution in [-0.2, 0) is 16.4 Å². The average molecular weight is 384 g/mol. The molecule has 2 heterocycles. The van der Waals surface area contributed by atoms with Gasteiger partial charge in [0.1, 0.15) is 5.01 Å². The number of hydrogen-bond acceptors (Lipinski definition) is 6. The van der Waals surface area contributed by atoms with E-state index in [1.54, 1.807) is 16.6 Å². The van der Waals surface area contributed by atoms with Crippen LogP contribution in [0.5, 0.6) is 0 Å². The molecule has 0 aliphatic heterocycles. The molecule has 7 nitrogen and oxygen atoms in total.